The summed E-state index contributed by atoms with van der Waals surface area (Å²) in [5.74, 6) is 0. The average Bonchev–Trinajstić information content (AvgIpc) is 3.05. The summed E-state index contributed by atoms with van der Waals surface area (Å²) >= 11 is 0. The summed E-state index contributed by atoms with van der Waals surface area (Å²) in [6.45, 7) is 2.39. The predicted octanol–water partition coefficient (Wildman–Crippen LogP) is 3.78. The van der Waals surface area contributed by atoms with Crippen molar-refractivity contribution < 1.29 is 5.11 Å². The van der Waals surface area contributed by atoms with Crippen LogP contribution in [0.2, 0.25) is 0 Å². The van der Waals surface area contributed by atoms with Crippen LogP contribution in [0.1, 0.15) is 56.9 Å². The van der Waals surface area contributed by atoms with Crippen LogP contribution in [0.15, 0.2) is 30.3 Å². The van der Waals surface area contributed by atoms with Crippen molar-refractivity contribution in [3.63, 3.8) is 0 Å². The van der Waals surface area contributed by atoms with Gasteiger partial charge in [-0.25, -0.2) is 0 Å². The summed E-state index contributed by atoms with van der Waals surface area (Å²) in [5, 5.41) is 11.0. The van der Waals surface area contributed by atoms with Crippen LogP contribution in [0.25, 0.3) is 0 Å². The van der Waals surface area contributed by atoms with E-state index >= 15 is 0 Å². The Morgan fingerprint density at radius 1 is 0.952 bits per heavy atom. The van der Waals surface area contributed by atoms with Crippen molar-refractivity contribution >= 4 is 0 Å². The molecule has 2 nitrogen and oxygen atoms in total. The van der Waals surface area contributed by atoms with Crippen molar-refractivity contribution in [1.29, 1.82) is 0 Å². The number of hydrogen-bond donors (Lipinski definition) is 1. The van der Waals surface area contributed by atoms with Crippen molar-refractivity contribution in [3.8, 4) is 0 Å². The number of piperidine rings is 1. The van der Waals surface area contributed by atoms with Crippen LogP contribution in [0.5, 0.6) is 0 Å². The molecule has 0 spiro atoms. The lowest BCUT2D eigenvalue weighted by Gasteiger charge is -2.46. The van der Waals surface area contributed by atoms with Gasteiger partial charge in [0.05, 0.1) is 6.10 Å². The quantitative estimate of drug-likeness (QED) is 0.891. The van der Waals surface area contributed by atoms with Gasteiger partial charge < -0.3 is 5.11 Å². The molecule has 1 saturated heterocycles. The number of likely N-dealkylation sites (tertiary alicyclic amines) is 1. The van der Waals surface area contributed by atoms with Crippen molar-refractivity contribution in [3.05, 3.63) is 35.9 Å². The number of aliphatic hydroxyl groups is 1. The molecular formula is C19H29NO. The van der Waals surface area contributed by atoms with E-state index in [2.05, 4.69) is 35.2 Å². The minimum atomic E-state index is -0.168. The third-order valence-electron chi connectivity index (χ3n) is 5.62. The summed E-state index contributed by atoms with van der Waals surface area (Å²) in [6, 6.07) is 10.6. The van der Waals surface area contributed by atoms with Crippen LogP contribution < -0.4 is 0 Å². The molecule has 1 aliphatic heterocycles. The van der Waals surface area contributed by atoms with Gasteiger partial charge in [0.15, 0.2) is 0 Å². The third-order valence-corrected chi connectivity index (χ3v) is 5.62. The maximum atomic E-state index is 11.0. The van der Waals surface area contributed by atoms with Gasteiger partial charge in [0.1, 0.15) is 0 Å². The lowest BCUT2D eigenvalue weighted by molar-refractivity contribution is -0.0419. The second-order valence-corrected chi connectivity index (χ2v) is 6.90. The number of nitrogens with zero attached hydrogens (tertiary/aromatic N) is 1. The second-order valence-electron chi connectivity index (χ2n) is 6.90. The average molecular weight is 287 g/mol. The van der Waals surface area contributed by atoms with E-state index in [0.29, 0.717) is 0 Å². The molecule has 0 radical (unpaired) electrons. The van der Waals surface area contributed by atoms with Gasteiger partial charge >= 0.3 is 0 Å². The molecule has 1 N–H and O–H groups in total. The fraction of sp³-hybridized carbons (Fsp3) is 0.684. The zero-order valence-corrected chi connectivity index (χ0v) is 13.1. The van der Waals surface area contributed by atoms with Crippen LogP contribution in [0, 0.1) is 0 Å². The second kappa shape index (κ2) is 6.93. The molecular weight excluding hydrogens is 258 g/mol. The summed E-state index contributed by atoms with van der Waals surface area (Å²) < 4.78 is 0. The first-order valence-corrected chi connectivity index (χ1v) is 8.78. The molecule has 0 amide bonds. The summed E-state index contributed by atoms with van der Waals surface area (Å²) in [6.07, 6.45) is 10.7. The van der Waals surface area contributed by atoms with Crippen molar-refractivity contribution in [2.45, 2.75) is 69.4 Å². The molecule has 21 heavy (non-hydrogen) atoms. The normalized spacial score (nSPS) is 24.0. The summed E-state index contributed by atoms with van der Waals surface area (Å²) in [5.41, 5.74) is 1.44. The summed E-state index contributed by atoms with van der Waals surface area (Å²) in [7, 11) is 0. The smallest absolute Gasteiger partial charge is 0.0727 e. The lowest BCUT2D eigenvalue weighted by Crippen LogP contribution is -2.56. The van der Waals surface area contributed by atoms with Gasteiger partial charge in [-0.2, -0.15) is 0 Å². The predicted molar refractivity (Wildman–Crippen MR) is 87.4 cm³/mol. The summed E-state index contributed by atoms with van der Waals surface area (Å²) in [4.78, 5) is 2.64. The number of aryl methyl sites for hydroxylation is 1. The van der Waals surface area contributed by atoms with E-state index in [-0.39, 0.29) is 11.6 Å². The van der Waals surface area contributed by atoms with Gasteiger partial charge in [0.2, 0.25) is 0 Å². The largest absolute Gasteiger partial charge is 0.391 e. The third kappa shape index (κ3) is 3.32. The van der Waals surface area contributed by atoms with E-state index in [9.17, 15) is 5.11 Å². The Kier molecular flexibility index (Phi) is 4.97. The molecule has 2 heteroatoms. The molecule has 1 aromatic carbocycles. The Hall–Kier alpha value is -0.860. The molecule has 1 unspecified atom stereocenters. The first-order valence-electron chi connectivity index (χ1n) is 8.78. The molecule has 1 heterocycles. The van der Waals surface area contributed by atoms with Gasteiger partial charge in [0, 0.05) is 5.54 Å². The Labute approximate surface area is 129 Å². The van der Waals surface area contributed by atoms with Gasteiger partial charge in [0.25, 0.3) is 0 Å². The van der Waals surface area contributed by atoms with Gasteiger partial charge in [-0.1, -0.05) is 49.6 Å². The van der Waals surface area contributed by atoms with E-state index < -0.39 is 0 Å². The molecule has 1 aliphatic carbocycles. The maximum absolute atomic E-state index is 11.0. The SMILES string of the molecule is OC(CCc1ccccc1)C1(N2CCCCC2)CCCC1. The monoisotopic (exact) mass is 287 g/mol. The number of hydrogen-bond acceptors (Lipinski definition) is 2. The Balaban J connectivity index is 1.65. The fourth-order valence-electron chi connectivity index (χ4n) is 4.40. The minimum absolute atomic E-state index is 0.0925. The molecule has 1 atom stereocenters. The minimum Gasteiger partial charge on any atom is -0.391 e. The molecule has 1 aromatic rings. The van der Waals surface area contributed by atoms with Gasteiger partial charge in [-0.3, -0.25) is 4.90 Å². The molecule has 116 valence electrons. The Morgan fingerprint density at radius 3 is 2.29 bits per heavy atom. The van der Waals surface area contributed by atoms with Crippen molar-refractivity contribution in [2.24, 2.45) is 0 Å². The zero-order valence-electron chi connectivity index (χ0n) is 13.1. The van der Waals surface area contributed by atoms with Crippen LogP contribution in [-0.4, -0.2) is 34.7 Å². The van der Waals surface area contributed by atoms with Crippen molar-refractivity contribution in [2.75, 3.05) is 13.1 Å². The number of benzene rings is 1. The highest BCUT2D eigenvalue weighted by molar-refractivity contribution is 5.15. The van der Waals surface area contributed by atoms with E-state index in [1.165, 1.54) is 63.6 Å². The highest BCUT2D eigenvalue weighted by Gasteiger charge is 2.45. The topological polar surface area (TPSA) is 23.5 Å². The van der Waals surface area contributed by atoms with Crippen LogP contribution in [0.3, 0.4) is 0 Å². The van der Waals surface area contributed by atoms with Crippen LogP contribution >= 0.6 is 0 Å². The molecule has 2 aliphatic rings. The molecule has 0 bridgehead atoms. The van der Waals surface area contributed by atoms with E-state index in [0.717, 1.165) is 12.8 Å². The van der Waals surface area contributed by atoms with Crippen molar-refractivity contribution in [1.82, 2.24) is 4.90 Å². The zero-order chi connectivity index (χ0) is 14.5. The Bertz CT molecular complexity index is 418. The van der Waals surface area contributed by atoms with Crippen LogP contribution in [-0.2, 0) is 6.42 Å². The standard InChI is InChI=1S/C19H29NO/c21-18(12-11-17-9-3-1-4-10-17)19(13-5-6-14-19)20-15-7-2-8-16-20/h1,3-4,9-10,18,21H,2,5-8,11-16H2. The van der Waals surface area contributed by atoms with E-state index in [4.69, 9.17) is 0 Å². The van der Waals surface area contributed by atoms with E-state index in [1.807, 2.05) is 0 Å². The van der Waals surface area contributed by atoms with Gasteiger partial charge in [-0.15, -0.1) is 0 Å². The van der Waals surface area contributed by atoms with Crippen LogP contribution in [0.4, 0.5) is 0 Å². The molecule has 1 saturated carbocycles. The van der Waals surface area contributed by atoms with Gasteiger partial charge in [-0.05, 0) is 57.2 Å². The number of rotatable bonds is 5. The number of aliphatic hydroxyl groups excluding tert-OH is 1. The lowest BCUT2D eigenvalue weighted by atomic mass is 9.83. The Morgan fingerprint density at radius 2 is 1.62 bits per heavy atom. The highest BCUT2D eigenvalue weighted by Crippen LogP contribution is 2.40. The fourth-order valence-corrected chi connectivity index (χ4v) is 4.40. The molecule has 0 aromatic heterocycles. The van der Waals surface area contributed by atoms with E-state index in [1.54, 1.807) is 0 Å². The molecule has 2 fully saturated rings. The first kappa shape index (κ1) is 15.1. The highest BCUT2D eigenvalue weighted by atomic mass is 16.3. The molecule has 3 rings (SSSR count). The first-order chi connectivity index (χ1) is 10.3. The maximum Gasteiger partial charge on any atom is 0.0727 e.